The highest BCUT2D eigenvalue weighted by molar-refractivity contribution is 6.35. The predicted molar refractivity (Wildman–Crippen MR) is 79.2 cm³/mol. The van der Waals surface area contributed by atoms with Gasteiger partial charge in [-0.05, 0) is 35.9 Å². The minimum atomic E-state index is -1.08. The zero-order valence-electron chi connectivity index (χ0n) is 10.1. The fraction of sp³-hybridized carbons (Fsp3) is 0.0714. The maximum Gasteiger partial charge on any atom is 0.337 e. The fourth-order valence-corrected chi connectivity index (χ4v) is 2.24. The average molecular weight is 332 g/mol. The standard InChI is InChI=1S/C14H9Cl3O3/c15-9-2-4-13(12(17)6-9)20-7-8-1-3-11(16)10(5-8)14(18)19/h1-6H,7H2,(H,18,19). The molecule has 1 N–H and O–H groups in total. The van der Waals surface area contributed by atoms with Crippen LogP contribution in [0.5, 0.6) is 5.75 Å². The summed E-state index contributed by atoms with van der Waals surface area (Å²) in [6.45, 7) is 0.179. The number of halogens is 3. The van der Waals surface area contributed by atoms with Crippen molar-refractivity contribution in [3.05, 3.63) is 62.6 Å². The van der Waals surface area contributed by atoms with E-state index in [1.807, 2.05) is 0 Å². The van der Waals surface area contributed by atoms with Crippen LogP contribution in [0.3, 0.4) is 0 Å². The summed E-state index contributed by atoms with van der Waals surface area (Å²) >= 11 is 17.6. The monoisotopic (exact) mass is 330 g/mol. The maximum atomic E-state index is 11.0. The van der Waals surface area contributed by atoms with Crippen LogP contribution in [-0.4, -0.2) is 11.1 Å². The SMILES string of the molecule is O=C(O)c1cc(COc2ccc(Cl)cc2Cl)ccc1Cl. The molecule has 0 aliphatic carbocycles. The van der Waals surface area contributed by atoms with Crippen LogP contribution in [0.25, 0.3) is 0 Å². The largest absolute Gasteiger partial charge is 0.487 e. The molecule has 0 atom stereocenters. The van der Waals surface area contributed by atoms with E-state index in [-0.39, 0.29) is 17.2 Å². The summed E-state index contributed by atoms with van der Waals surface area (Å²) in [6, 6.07) is 9.56. The molecule has 0 unspecified atom stereocenters. The van der Waals surface area contributed by atoms with E-state index in [0.29, 0.717) is 21.4 Å². The van der Waals surface area contributed by atoms with Gasteiger partial charge < -0.3 is 9.84 Å². The van der Waals surface area contributed by atoms with Gasteiger partial charge in [-0.15, -0.1) is 0 Å². The molecule has 2 rings (SSSR count). The van der Waals surface area contributed by atoms with E-state index in [2.05, 4.69) is 0 Å². The number of hydrogen-bond acceptors (Lipinski definition) is 2. The molecule has 0 bridgehead atoms. The lowest BCUT2D eigenvalue weighted by Gasteiger charge is -2.09. The van der Waals surface area contributed by atoms with E-state index in [0.717, 1.165) is 0 Å². The number of aromatic carboxylic acids is 1. The molecule has 0 spiro atoms. The van der Waals surface area contributed by atoms with Crippen molar-refractivity contribution in [2.75, 3.05) is 0 Å². The van der Waals surface area contributed by atoms with Crippen LogP contribution in [-0.2, 0) is 6.61 Å². The number of carboxylic acid groups (broad SMARTS) is 1. The van der Waals surface area contributed by atoms with Gasteiger partial charge in [0.05, 0.1) is 15.6 Å². The van der Waals surface area contributed by atoms with E-state index in [4.69, 9.17) is 44.6 Å². The molecule has 104 valence electrons. The van der Waals surface area contributed by atoms with E-state index >= 15 is 0 Å². The lowest BCUT2D eigenvalue weighted by atomic mass is 10.1. The molecule has 0 fully saturated rings. The van der Waals surface area contributed by atoms with Crippen LogP contribution in [0.15, 0.2) is 36.4 Å². The third-order valence-corrected chi connectivity index (χ3v) is 3.41. The number of ether oxygens (including phenoxy) is 1. The highest BCUT2D eigenvalue weighted by Gasteiger charge is 2.10. The van der Waals surface area contributed by atoms with E-state index in [9.17, 15) is 4.79 Å². The van der Waals surface area contributed by atoms with Gasteiger partial charge in [-0.3, -0.25) is 0 Å². The molecule has 0 saturated carbocycles. The first kappa shape index (κ1) is 15.0. The first-order valence-electron chi connectivity index (χ1n) is 5.57. The zero-order valence-corrected chi connectivity index (χ0v) is 12.3. The van der Waals surface area contributed by atoms with Crippen molar-refractivity contribution in [1.29, 1.82) is 0 Å². The molecule has 2 aromatic carbocycles. The molecule has 6 heteroatoms. The Balaban J connectivity index is 2.15. The van der Waals surface area contributed by atoms with Crippen molar-refractivity contribution in [3.8, 4) is 5.75 Å². The van der Waals surface area contributed by atoms with Gasteiger partial charge in [-0.1, -0.05) is 40.9 Å². The van der Waals surface area contributed by atoms with Crippen LogP contribution in [0, 0.1) is 0 Å². The number of hydrogen-bond donors (Lipinski definition) is 1. The first-order chi connectivity index (χ1) is 9.47. The molecule has 3 nitrogen and oxygen atoms in total. The Morgan fingerprint density at radius 3 is 2.45 bits per heavy atom. The predicted octanol–water partition coefficient (Wildman–Crippen LogP) is 4.92. The molecule has 0 saturated heterocycles. The highest BCUT2D eigenvalue weighted by atomic mass is 35.5. The summed E-state index contributed by atoms with van der Waals surface area (Å²) in [5, 5.41) is 10.1. The van der Waals surface area contributed by atoms with E-state index in [1.54, 1.807) is 24.3 Å². The van der Waals surface area contributed by atoms with Gasteiger partial charge >= 0.3 is 5.97 Å². The lowest BCUT2D eigenvalue weighted by Crippen LogP contribution is -2.01. The number of carbonyl (C=O) groups is 1. The summed E-state index contributed by atoms with van der Waals surface area (Å²) in [4.78, 5) is 11.0. The quantitative estimate of drug-likeness (QED) is 0.864. The zero-order chi connectivity index (χ0) is 14.7. The third kappa shape index (κ3) is 3.57. The van der Waals surface area contributed by atoms with Crippen molar-refractivity contribution in [3.63, 3.8) is 0 Å². The Bertz CT molecular complexity index is 656. The topological polar surface area (TPSA) is 46.5 Å². The van der Waals surface area contributed by atoms with Crippen molar-refractivity contribution < 1.29 is 14.6 Å². The van der Waals surface area contributed by atoms with Crippen molar-refractivity contribution in [2.45, 2.75) is 6.61 Å². The minimum Gasteiger partial charge on any atom is -0.487 e. The Kier molecular flexibility index (Phi) is 4.76. The second-order valence-electron chi connectivity index (χ2n) is 3.98. The molecule has 0 heterocycles. The summed E-state index contributed by atoms with van der Waals surface area (Å²) < 4.78 is 5.53. The van der Waals surface area contributed by atoms with Gasteiger partial charge in [-0.25, -0.2) is 4.79 Å². The van der Waals surface area contributed by atoms with Crippen LogP contribution in [0.2, 0.25) is 15.1 Å². The second kappa shape index (κ2) is 6.35. The lowest BCUT2D eigenvalue weighted by molar-refractivity contribution is 0.0697. The number of carboxylic acids is 1. The molecule has 0 aromatic heterocycles. The number of benzene rings is 2. The van der Waals surface area contributed by atoms with Crippen molar-refractivity contribution in [1.82, 2.24) is 0 Å². The molecule has 0 aliphatic heterocycles. The fourth-order valence-electron chi connectivity index (χ4n) is 1.58. The molecular formula is C14H9Cl3O3. The summed E-state index contributed by atoms with van der Waals surface area (Å²) in [7, 11) is 0. The average Bonchev–Trinajstić information content (AvgIpc) is 2.39. The Morgan fingerprint density at radius 1 is 1.05 bits per heavy atom. The van der Waals surface area contributed by atoms with Crippen LogP contribution in [0.4, 0.5) is 0 Å². The van der Waals surface area contributed by atoms with Gasteiger partial charge in [0.25, 0.3) is 0 Å². The maximum absolute atomic E-state index is 11.0. The number of rotatable bonds is 4. The van der Waals surface area contributed by atoms with Crippen molar-refractivity contribution in [2.24, 2.45) is 0 Å². The molecule has 20 heavy (non-hydrogen) atoms. The van der Waals surface area contributed by atoms with Crippen LogP contribution in [0.1, 0.15) is 15.9 Å². The Labute approximate surface area is 130 Å². The van der Waals surface area contributed by atoms with Gasteiger partial charge in [0, 0.05) is 5.02 Å². The normalized spacial score (nSPS) is 10.3. The summed E-state index contributed by atoms with van der Waals surface area (Å²) in [5.41, 5.74) is 0.716. The van der Waals surface area contributed by atoms with Gasteiger partial charge in [0.15, 0.2) is 0 Å². The molecule has 2 aromatic rings. The Morgan fingerprint density at radius 2 is 1.80 bits per heavy atom. The molecule has 0 aliphatic rings. The second-order valence-corrected chi connectivity index (χ2v) is 5.23. The van der Waals surface area contributed by atoms with Gasteiger partial charge in [-0.2, -0.15) is 0 Å². The van der Waals surface area contributed by atoms with E-state index < -0.39 is 5.97 Å². The third-order valence-electron chi connectivity index (χ3n) is 2.55. The van der Waals surface area contributed by atoms with Gasteiger partial charge in [0.1, 0.15) is 12.4 Å². The first-order valence-corrected chi connectivity index (χ1v) is 6.70. The molecule has 0 amide bonds. The Hall–Kier alpha value is -1.42. The smallest absolute Gasteiger partial charge is 0.337 e. The van der Waals surface area contributed by atoms with E-state index in [1.165, 1.54) is 12.1 Å². The summed E-state index contributed by atoms with van der Waals surface area (Å²) in [6.07, 6.45) is 0. The summed E-state index contributed by atoms with van der Waals surface area (Å²) in [5.74, 6) is -0.607. The van der Waals surface area contributed by atoms with Crippen molar-refractivity contribution >= 4 is 40.8 Å². The van der Waals surface area contributed by atoms with Crippen LogP contribution < -0.4 is 4.74 Å². The molecule has 0 radical (unpaired) electrons. The highest BCUT2D eigenvalue weighted by Crippen LogP contribution is 2.28. The van der Waals surface area contributed by atoms with Crippen LogP contribution >= 0.6 is 34.8 Å². The minimum absolute atomic E-state index is 0.0370. The van der Waals surface area contributed by atoms with Gasteiger partial charge in [0.2, 0.25) is 0 Å². The molecular weight excluding hydrogens is 323 g/mol.